The van der Waals surface area contributed by atoms with E-state index in [2.05, 4.69) is 39.9 Å². The van der Waals surface area contributed by atoms with Crippen LogP contribution < -0.4 is 5.32 Å². The maximum atomic E-state index is 13.2. The molecule has 3 rings (SSSR count). The normalized spacial score (nSPS) is 11.5. The Morgan fingerprint density at radius 2 is 1.69 bits per heavy atom. The Bertz CT molecular complexity index is 1140. The van der Waals surface area contributed by atoms with E-state index < -0.39 is 0 Å². The third-order valence-electron chi connectivity index (χ3n) is 5.83. The Labute approximate surface area is 209 Å². The highest BCUT2D eigenvalue weighted by Crippen LogP contribution is 2.27. The molecule has 0 aliphatic carbocycles. The molecule has 0 spiro atoms. The Balaban J connectivity index is 1.78. The lowest BCUT2D eigenvalue weighted by Gasteiger charge is -2.24. The molecule has 6 heteroatoms. The number of carbonyl (C=O) groups is 2. The van der Waals surface area contributed by atoms with Crippen LogP contribution in [0.5, 0.6) is 0 Å². The van der Waals surface area contributed by atoms with Gasteiger partial charge >= 0.3 is 0 Å². The molecule has 0 fully saturated rings. The minimum absolute atomic E-state index is 0.00953. The average molecular weight is 475 g/mol. The number of benzene rings is 2. The van der Waals surface area contributed by atoms with Gasteiger partial charge in [-0.2, -0.15) is 5.10 Å². The number of anilines is 1. The Morgan fingerprint density at radius 3 is 2.31 bits per heavy atom. The molecule has 0 aliphatic rings. The molecule has 1 heterocycles. The first-order valence-corrected chi connectivity index (χ1v) is 12.3. The van der Waals surface area contributed by atoms with Gasteiger partial charge in [-0.05, 0) is 36.5 Å². The maximum Gasteiger partial charge on any atom is 0.245 e. The minimum atomic E-state index is -0.228. The van der Waals surface area contributed by atoms with Crippen molar-refractivity contribution in [2.75, 3.05) is 18.4 Å². The molecule has 0 saturated heterocycles. The Morgan fingerprint density at radius 1 is 1.03 bits per heavy atom. The second-order valence-electron chi connectivity index (χ2n) is 10.6. The lowest BCUT2D eigenvalue weighted by atomic mass is 9.92. The number of aromatic nitrogens is 2. The molecular weight excluding hydrogens is 436 g/mol. The van der Waals surface area contributed by atoms with E-state index in [1.165, 1.54) is 0 Å². The van der Waals surface area contributed by atoms with Crippen LogP contribution in [-0.2, 0) is 21.4 Å². The lowest BCUT2D eigenvalue weighted by Crippen LogP contribution is -2.40. The number of amides is 2. The largest absolute Gasteiger partial charge is 0.333 e. The van der Waals surface area contributed by atoms with Gasteiger partial charge in [-0.1, -0.05) is 83.1 Å². The maximum absolute atomic E-state index is 13.2. The summed E-state index contributed by atoms with van der Waals surface area (Å²) in [4.78, 5) is 27.9. The quantitative estimate of drug-likeness (QED) is 0.443. The van der Waals surface area contributed by atoms with Crippen molar-refractivity contribution < 1.29 is 9.59 Å². The van der Waals surface area contributed by atoms with Crippen molar-refractivity contribution in [1.29, 1.82) is 0 Å². The van der Waals surface area contributed by atoms with Gasteiger partial charge in [-0.15, -0.1) is 0 Å². The van der Waals surface area contributed by atoms with Crippen molar-refractivity contribution in [3.05, 3.63) is 77.5 Å². The van der Waals surface area contributed by atoms with Gasteiger partial charge in [0.05, 0.1) is 17.9 Å². The standard InChI is InChI=1S/C29H38N4O2/c1-21(2)19-32(28(35)17-16-23-13-8-7-9-14-23)20-27(34)30-26-18-25(29(4,5)6)31-33(26)24-15-11-10-12-22(24)3/h7-15,18,21H,16-17,19-20H2,1-6H3,(H,30,34). The molecule has 0 bridgehead atoms. The number of aryl methyl sites for hydroxylation is 2. The van der Waals surface area contributed by atoms with Gasteiger partial charge in [-0.25, -0.2) is 4.68 Å². The van der Waals surface area contributed by atoms with Crippen LogP contribution in [0.4, 0.5) is 5.82 Å². The third-order valence-corrected chi connectivity index (χ3v) is 5.83. The van der Waals surface area contributed by atoms with Gasteiger partial charge in [0.15, 0.2) is 0 Å². The summed E-state index contributed by atoms with van der Waals surface area (Å²) < 4.78 is 1.79. The predicted molar refractivity (Wildman–Crippen MR) is 142 cm³/mol. The first-order chi connectivity index (χ1) is 16.5. The van der Waals surface area contributed by atoms with Crippen molar-refractivity contribution in [2.45, 2.75) is 59.8 Å². The second kappa shape index (κ2) is 11.3. The van der Waals surface area contributed by atoms with Crippen LogP contribution in [0.25, 0.3) is 5.69 Å². The Hall–Kier alpha value is -3.41. The molecule has 2 aromatic carbocycles. The minimum Gasteiger partial charge on any atom is -0.333 e. The summed E-state index contributed by atoms with van der Waals surface area (Å²) in [5, 5.41) is 7.84. The van der Waals surface area contributed by atoms with Crippen LogP contribution in [0.15, 0.2) is 60.7 Å². The summed E-state index contributed by atoms with van der Waals surface area (Å²) >= 11 is 0. The average Bonchev–Trinajstić information content (AvgIpc) is 3.21. The Kier molecular flexibility index (Phi) is 8.49. The summed E-state index contributed by atoms with van der Waals surface area (Å²) in [5.41, 5.74) is 3.80. The van der Waals surface area contributed by atoms with Gasteiger partial charge in [0.1, 0.15) is 5.82 Å². The number of nitrogens with one attached hydrogen (secondary N) is 1. The van der Waals surface area contributed by atoms with Crippen molar-refractivity contribution in [3.63, 3.8) is 0 Å². The van der Waals surface area contributed by atoms with Crippen LogP contribution in [0, 0.1) is 12.8 Å². The highest BCUT2D eigenvalue weighted by atomic mass is 16.2. The third kappa shape index (κ3) is 7.28. The van der Waals surface area contributed by atoms with E-state index >= 15 is 0 Å². The van der Waals surface area contributed by atoms with E-state index in [9.17, 15) is 9.59 Å². The zero-order valence-corrected chi connectivity index (χ0v) is 21.8. The zero-order valence-electron chi connectivity index (χ0n) is 21.8. The SMILES string of the molecule is Cc1ccccc1-n1nc(C(C)(C)C)cc1NC(=O)CN(CC(C)C)C(=O)CCc1ccccc1. The summed E-state index contributed by atoms with van der Waals surface area (Å²) in [6, 6.07) is 19.8. The van der Waals surface area contributed by atoms with E-state index in [1.807, 2.05) is 67.6 Å². The van der Waals surface area contributed by atoms with E-state index in [1.54, 1.807) is 9.58 Å². The fraction of sp³-hybridized carbons (Fsp3) is 0.414. The van der Waals surface area contributed by atoms with Crippen LogP contribution in [0.2, 0.25) is 0 Å². The van der Waals surface area contributed by atoms with Gasteiger partial charge in [0.25, 0.3) is 0 Å². The highest BCUT2D eigenvalue weighted by Gasteiger charge is 2.24. The van der Waals surface area contributed by atoms with Crippen LogP contribution in [0.1, 0.15) is 57.9 Å². The van der Waals surface area contributed by atoms with Gasteiger partial charge in [-0.3, -0.25) is 9.59 Å². The fourth-order valence-electron chi connectivity index (χ4n) is 3.93. The second-order valence-corrected chi connectivity index (χ2v) is 10.6. The molecule has 0 atom stereocenters. The van der Waals surface area contributed by atoms with Crippen molar-refractivity contribution in [3.8, 4) is 5.69 Å². The topological polar surface area (TPSA) is 67.2 Å². The van der Waals surface area contributed by atoms with Crippen LogP contribution >= 0.6 is 0 Å². The highest BCUT2D eigenvalue weighted by molar-refractivity contribution is 5.94. The van der Waals surface area contributed by atoms with Crippen molar-refractivity contribution >= 4 is 17.6 Å². The monoisotopic (exact) mass is 474 g/mol. The van der Waals surface area contributed by atoms with Gasteiger partial charge in [0, 0.05) is 24.4 Å². The molecule has 0 radical (unpaired) electrons. The lowest BCUT2D eigenvalue weighted by molar-refractivity contribution is -0.135. The molecule has 6 nitrogen and oxygen atoms in total. The molecule has 186 valence electrons. The molecule has 3 aromatic rings. The zero-order chi connectivity index (χ0) is 25.6. The number of nitrogens with zero attached hydrogens (tertiary/aromatic N) is 3. The molecule has 1 aromatic heterocycles. The molecule has 0 aliphatic heterocycles. The first-order valence-electron chi connectivity index (χ1n) is 12.3. The van der Waals surface area contributed by atoms with Crippen molar-refractivity contribution in [1.82, 2.24) is 14.7 Å². The first kappa shape index (κ1) is 26.2. The van der Waals surface area contributed by atoms with E-state index in [-0.39, 0.29) is 29.7 Å². The van der Waals surface area contributed by atoms with E-state index in [0.717, 1.165) is 22.5 Å². The summed E-state index contributed by atoms with van der Waals surface area (Å²) in [6.45, 7) is 13.0. The van der Waals surface area contributed by atoms with Crippen molar-refractivity contribution in [2.24, 2.45) is 5.92 Å². The molecular formula is C29H38N4O2. The number of hydrogen-bond acceptors (Lipinski definition) is 3. The summed E-state index contributed by atoms with van der Waals surface area (Å²) in [7, 11) is 0. The predicted octanol–water partition coefficient (Wildman–Crippen LogP) is 5.53. The number of para-hydroxylation sites is 1. The van der Waals surface area contributed by atoms with Gasteiger partial charge < -0.3 is 10.2 Å². The summed E-state index contributed by atoms with van der Waals surface area (Å²) in [5.74, 6) is 0.623. The molecule has 0 unspecified atom stereocenters. The molecule has 1 N–H and O–H groups in total. The fourth-order valence-corrected chi connectivity index (χ4v) is 3.93. The summed E-state index contributed by atoms with van der Waals surface area (Å²) in [6.07, 6.45) is 1.03. The van der Waals surface area contributed by atoms with Crippen LogP contribution in [-0.4, -0.2) is 39.6 Å². The van der Waals surface area contributed by atoms with Gasteiger partial charge in [0.2, 0.25) is 11.8 Å². The number of hydrogen-bond donors (Lipinski definition) is 1. The van der Waals surface area contributed by atoms with Crippen LogP contribution in [0.3, 0.4) is 0 Å². The van der Waals surface area contributed by atoms with E-state index in [4.69, 9.17) is 5.10 Å². The molecule has 0 saturated carbocycles. The number of rotatable bonds is 9. The number of carbonyl (C=O) groups excluding carboxylic acids is 2. The smallest absolute Gasteiger partial charge is 0.245 e. The molecule has 2 amide bonds. The van der Waals surface area contributed by atoms with E-state index in [0.29, 0.717) is 25.2 Å². The molecule has 35 heavy (non-hydrogen) atoms.